The van der Waals surface area contributed by atoms with Crippen molar-refractivity contribution in [2.75, 3.05) is 10.5 Å². The van der Waals surface area contributed by atoms with Crippen molar-refractivity contribution in [3.05, 3.63) is 29.3 Å². The fraction of sp³-hybridized carbons (Fsp3) is 0.611. The average Bonchev–Trinajstić information content (AvgIpc) is 2.86. The number of benzene rings is 1. The Balaban J connectivity index is 1.96. The summed E-state index contributed by atoms with van der Waals surface area (Å²) in [5, 5.41) is 0. The van der Waals surface area contributed by atoms with Gasteiger partial charge in [-0.2, -0.15) is 26.3 Å². The molecule has 2 saturated carbocycles. The molecule has 29 heavy (non-hydrogen) atoms. The Hall–Kier alpha value is -1.78. The molecule has 1 N–H and O–H groups in total. The number of Topliss-reactive ketones (excluding diaryl/α,β-unsaturated/α-hetero) is 1. The number of halogens is 6. The largest absolute Gasteiger partial charge is 0.416 e. The predicted octanol–water partition coefficient (Wildman–Crippen LogP) is 4.86. The second-order valence-electron chi connectivity index (χ2n) is 8.32. The molecule has 1 aromatic carbocycles. The van der Waals surface area contributed by atoms with Gasteiger partial charge in [0.1, 0.15) is 5.78 Å². The summed E-state index contributed by atoms with van der Waals surface area (Å²) in [6.45, 7) is 3.55. The van der Waals surface area contributed by atoms with Crippen molar-refractivity contribution in [2.24, 2.45) is 16.7 Å². The van der Waals surface area contributed by atoms with Gasteiger partial charge in [-0.25, -0.2) is 8.42 Å². The number of anilines is 1. The van der Waals surface area contributed by atoms with E-state index in [1.54, 1.807) is 13.8 Å². The Morgan fingerprint density at radius 3 is 1.93 bits per heavy atom. The Labute approximate surface area is 163 Å². The average molecular weight is 443 g/mol. The predicted molar refractivity (Wildman–Crippen MR) is 92.4 cm³/mol. The Morgan fingerprint density at radius 2 is 1.55 bits per heavy atom. The van der Waals surface area contributed by atoms with E-state index in [1.165, 1.54) is 0 Å². The van der Waals surface area contributed by atoms with Gasteiger partial charge in [0.05, 0.1) is 22.3 Å². The molecule has 2 bridgehead atoms. The third-order valence-electron chi connectivity index (χ3n) is 6.44. The molecule has 3 rings (SSSR count). The summed E-state index contributed by atoms with van der Waals surface area (Å²) in [5.74, 6) is -0.903. The number of alkyl halides is 6. The van der Waals surface area contributed by atoms with Crippen molar-refractivity contribution in [2.45, 2.75) is 45.5 Å². The zero-order chi connectivity index (χ0) is 22.0. The van der Waals surface area contributed by atoms with Gasteiger partial charge in [-0.15, -0.1) is 0 Å². The number of sulfonamides is 1. The van der Waals surface area contributed by atoms with Crippen LogP contribution in [-0.4, -0.2) is 20.0 Å². The number of rotatable bonds is 4. The third kappa shape index (κ3) is 3.73. The first-order valence-corrected chi connectivity index (χ1v) is 10.5. The highest BCUT2D eigenvalue weighted by atomic mass is 32.2. The molecule has 2 fully saturated rings. The van der Waals surface area contributed by atoms with Gasteiger partial charge in [-0.1, -0.05) is 13.8 Å². The van der Waals surface area contributed by atoms with Crippen LogP contribution in [0.2, 0.25) is 0 Å². The van der Waals surface area contributed by atoms with E-state index in [9.17, 15) is 39.6 Å². The highest BCUT2D eigenvalue weighted by Gasteiger charge is 2.65. The van der Waals surface area contributed by atoms with Gasteiger partial charge in [-0.05, 0) is 42.4 Å². The van der Waals surface area contributed by atoms with Crippen molar-refractivity contribution < 1.29 is 39.6 Å². The van der Waals surface area contributed by atoms with E-state index in [0.29, 0.717) is 25.0 Å². The lowest BCUT2D eigenvalue weighted by Gasteiger charge is -2.36. The molecule has 0 aliphatic heterocycles. The van der Waals surface area contributed by atoms with Crippen LogP contribution in [0, 0.1) is 16.7 Å². The Kier molecular flexibility index (Phi) is 4.80. The third-order valence-corrected chi connectivity index (χ3v) is 7.86. The van der Waals surface area contributed by atoms with E-state index in [4.69, 9.17) is 0 Å². The molecule has 0 radical (unpaired) electrons. The number of nitrogens with one attached hydrogen (secondary N) is 1. The summed E-state index contributed by atoms with van der Waals surface area (Å²) in [6.07, 6.45) is -8.99. The van der Waals surface area contributed by atoms with Gasteiger partial charge in [0.25, 0.3) is 0 Å². The number of carbonyl (C=O) groups is 1. The summed E-state index contributed by atoms with van der Waals surface area (Å²) >= 11 is 0. The van der Waals surface area contributed by atoms with Crippen LogP contribution in [0.15, 0.2) is 18.2 Å². The van der Waals surface area contributed by atoms with Crippen LogP contribution < -0.4 is 4.72 Å². The topological polar surface area (TPSA) is 63.2 Å². The second kappa shape index (κ2) is 6.36. The normalized spacial score (nSPS) is 26.8. The van der Waals surface area contributed by atoms with E-state index in [0.717, 1.165) is 0 Å². The van der Waals surface area contributed by atoms with Gasteiger partial charge in [0.15, 0.2) is 0 Å². The van der Waals surface area contributed by atoms with Crippen molar-refractivity contribution >= 4 is 21.5 Å². The molecule has 0 amide bonds. The van der Waals surface area contributed by atoms with Crippen LogP contribution in [0.4, 0.5) is 32.0 Å². The molecule has 0 unspecified atom stereocenters. The first-order chi connectivity index (χ1) is 13.0. The maximum Gasteiger partial charge on any atom is 0.416 e. The summed E-state index contributed by atoms with van der Waals surface area (Å²) in [6, 6.07) is 0.536. The molecule has 0 heterocycles. The van der Waals surface area contributed by atoms with Crippen molar-refractivity contribution in [3.8, 4) is 0 Å². The van der Waals surface area contributed by atoms with Crippen molar-refractivity contribution in [3.63, 3.8) is 0 Å². The minimum Gasteiger partial charge on any atom is -0.299 e. The highest BCUT2D eigenvalue weighted by molar-refractivity contribution is 7.92. The summed E-state index contributed by atoms with van der Waals surface area (Å²) in [7, 11) is -4.40. The molecule has 2 aliphatic carbocycles. The van der Waals surface area contributed by atoms with Crippen LogP contribution in [0.3, 0.4) is 0 Å². The molecule has 162 valence electrons. The minimum absolute atomic E-state index is 0.00980. The smallest absolute Gasteiger partial charge is 0.299 e. The van der Waals surface area contributed by atoms with E-state index in [2.05, 4.69) is 0 Å². The second-order valence-corrected chi connectivity index (χ2v) is 10.0. The molecule has 1 aromatic rings. The lowest BCUT2D eigenvalue weighted by molar-refractivity contribution is -0.143. The fourth-order valence-electron chi connectivity index (χ4n) is 4.66. The lowest BCUT2D eigenvalue weighted by Crippen LogP contribution is -2.43. The summed E-state index contributed by atoms with van der Waals surface area (Å²) in [4.78, 5) is 12.5. The zero-order valence-corrected chi connectivity index (χ0v) is 16.4. The van der Waals surface area contributed by atoms with Crippen LogP contribution in [0.5, 0.6) is 0 Å². The maximum absolute atomic E-state index is 13.0. The number of carbonyl (C=O) groups excluding carboxylic acids is 1. The van der Waals surface area contributed by atoms with Crippen LogP contribution in [0.1, 0.15) is 44.2 Å². The van der Waals surface area contributed by atoms with Crippen molar-refractivity contribution in [1.82, 2.24) is 0 Å². The van der Waals surface area contributed by atoms with Crippen LogP contribution >= 0.6 is 0 Å². The van der Waals surface area contributed by atoms with E-state index in [1.807, 2.05) is 4.72 Å². The van der Waals surface area contributed by atoms with Gasteiger partial charge in [0.2, 0.25) is 10.0 Å². The standard InChI is InChI=1S/C18H19F6NO3S/c1-15(2)10-3-4-16(15,14(26)8-10)9-29(27,28)25-13-6-11(17(19,20)21)5-12(7-13)18(22,23)24/h5-7,10,25H,3-4,8-9H2,1-2H3/t10-,16-/m1/s1. The molecule has 11 heteroatoms. The molecule has 4 nitrogen and oxygen atoms in total. The summed E-state index contributed by atoms with van der Waals surface area (Å²) < 4.78 is 105. The van der Waals surface area contributed by atoms with Crippen LogP contribution in [0.25, 0.3) is 0 Å². The lowest BCUT2D eigenvalue weighted by atomic mass is 9.70. The van der Waals surface area contributed by atoms with E-state index in [-0.39, 0.29) is 24.2 Å². The maximum atomic E-state index is 13.0. The molecule has 0 saturated heterocycles. The quantitative estimate of drug-likeness (QED) is 0.676. The van der Waals surface area contributed by atoms with Gasteiger partial charge in [-0.3, -0.25) is 9.52 Å². The van der Waals surface area contributed by atoms with Crippen molar-refractivity contribution in [1.29, 1.82) is 0 Å². The van der Waals surface area contributed by atoms with E-state index >= 15 is 0 Å². The number of ketones is 1. The molecule has 2 aliphatic rings. The SMILES string of the molecule is CC1(C)[C@@H]2CC[C@@]1(CS(=O)(=O)Nc1cc(C(F)(F)F)cc(C(F)(F)F)c1)C(=O)C2. The summed E-state index contributed by atoms with van der Waals surface area (Å²) in [5.41, 5.74) is -5.91. The van der Waals surface area contributed by atoms with Crippen LogP contribution in [-0.2, 0) is 27.2 Å². The monoisotopic (exact) mass is 443 g/mol. The number of hydrogen-bond donors (Lipinski definition) is 1. The fourth-order valence-corrected chi connectivity index (χ4v) is 6.54. The molecule has 2 atom stereocenters. The minimum atomic E-state index is -5.10. The van der Waals surface area contributed by atoms with Gasteiger partial charge < -0.3 is 0 Å². The van der Waals surface area contributed by atoms with Gasteiger partial charge in [0, 0.05) is 12.1 Å². The first kappa shape index (κ1) is 21.9. The Bertz CT molecular complexity index is 919. The zero-order valence-electron chi connectivity index (χ0n) is 15.5. The molecular weight excluding hydrogens is 424 g/mol. The molecule has 0 spiro atoms. The van der Waals surface area contributed by atoms with Gasteiger partial charge >= 0.3 is 12.4 Å². The number of hydrogen-bond acceptors (Lipinski definition) is 3. The van der Waals surface area contributed by atoms with E-state index < -0.39 is 55.8 Å². The molecule has 0 aromatic heterocycles. The Morgan fingerprint density at radius 1 is 1.03 bits per heavy atom. The first-order valence-electron chi connectivity index (χ1n) is 8.81. The highest BCUT2D eigenvalue weighted by Crippen LogP contribution is 2.64. The molecular formula is C18H19F6NO3S. The number of fused-ring (bicyclic) bond motifs is 2.